The predicted octanol–water partition coefficient (Wildman–Crippen LogP) is 1.83. The van der Waals surface area contributed by atoms with Gasteiger partial charge in [0, 0.05) is 24.0 Å². The van der Waals surface area contributed by atoms with E-state index in [2.05, 4.69) is 20.1 Å². The molecule has 0 radical (unpaired) electrons. The van der Waals surface area contributed by atoms with Crippen LogP contribution >= 0.6 is 0 Å². The molecule has 4 aromatic rings. The molecule has 5 nitrogen and oxygen atoms in total. The molecule has 0 saturated heterocycles. The largest absolute Gasteiger partial charge is 0.237 e. The van der Waals surface area contributed by atoms with Crippen LogP contribution in [0.4, 0.5) is 0 Å². The van der Waals surface area contributed by atoms with Crippen LogP contribution in [0.15, 0.2) is 42.9 Å². The molecule has 0 N–H and O–H groups in total. The second kappa shape index (κ2) is 2.98. The lowest BCUT2D eigenvalue weighted by atomic mass is 10.3. The Bertz CT molecular complexity index is 843. The Morgan fingerprint density at radius 1 is 0.941 bits per heavy atom. The lowest BCUT2D eigenvalue weighted by molar-refractivity contribution is 0.959. The van der Waals surface area contributed by atoms with Crippen LogP contribution in [-0.4, -0.2) is 24.6 Å². The molecule has 17 heavy (non-hydrogen) atoms. The van der Waals surface area contributed by atoms with E-state index >= 15 is 0 Å². The van der Waals surface area contributed by atoms with Gasteiger partial charge in [0.25, 0.3) is 0 Å². The number of aromatic nitrogens is 5. The maximum Gasteiger partial charge on any atom is 0.183 e. The van der Waals surface area contributed by atoms with Crippen molar-refractivity contribution < 1.29 is 0 Å². The molecule has 5 heteroatoms. The molecule has 80 valence electrons. The average molecular weight is 221 g/mol. The third kappa shape index (κ3) is 1.13. The van der Waals surface area contributed by atoms with E-state index in [0.29, 0.717) is 5.65 Å². The van der Waals surface area contributed by atoms with Gasteiger partial charge in [-0.05, 0) is 24.3 Å². The van der Waals surface area contributed by atoms with Crippen molar-refractivity contribution in [3.05, 3.63) is 42.9 Å². The first-order chi connectivity index (χ1) is 8.42. The van der Waals surface area contributed by atoms with Crippen molar-refractivity contribution in [2.45, 2.75) is 0 Å². The number of nitrogens with zero attached hydrogens (tertiary/aromatic N) is 5. The van der Waals surface area contributed by atoms with Crippen LogP contribution in [0.2, 0.25) is 0 Å². The molecule has 0 atom stereocenters. The third-order valence-corrected chi connectivity index (χ3v) is 2.74. The Labute approximate surface area is 95.8 Å². The van der Waals surface area contributed by atoms with Gasteiger partial charge < -0.3 is 0 Å². The molecule has 0 unspecified atom stereocenters. The lowest BCUT2D eigenvalue weighted by Crippen LogP contribution is -1.92. The van der Waals surface area contributed by atoms with E-state index in [1.165, 1.54) is 0 Å². The zero-order valence-electron chi connectivity index (χ0n) is 8.78. The highest BCUT2D eigenvalue weighted by molar-refractivity contribution is 5.91. The van der Waals surface area contributed by atoms with E-state index in [9.17, 15) is 0 Å². The summed E-state index contributed by atoms with van der Waals surface area (Å²) < 4.78 is 1.75. The van der Waals surface area contributed by atoms with Crippen molar-refractivity contribution in [3.63, 3.8) is 0 Å². The smallest absolute Gasteiger partial charge is 0.183 e. The first-order valence-corrected chi connectivity index (χ1v) is 5.27. The minimum Gasteiger partial charge on any atom is -0.237 e. The maximum atomic E-state index is 4.52. The number of rotatable bonds is 0. The van der Waals surface area contributed by atoms with Crippen molar-refractivity contribution >= 4 is 27.7 Å². The fourth-order valence-corrected chi connectivity index (χ4v) is 1.96. The summed E-state index contributed by atoms with van der Waals surface area (Å²) in [5.41, 5.74) is 2.22. The zero-order chi connectivity index (χ0) is 11.2. The van der Waals surface area contributed by atoms with Crippen LogP contribution in [0.3, 0.4) is 0 Å². The van der Waals surface area contributed by atoms with Gasteiger partial charge in [-0.3, -0.25) is 0 Å². The number of hydrogen-bond donors (Lipinski definition) is 0. The van der Waals surface area contributed by atoms with Crippen molar-refractivity contribution in [1.29, 1.82) is 0 Å². The molecule has 4 heterocycles. The van der Waals surface area contributed by atoms with Gasteiger partial charge in [0.05, 0.1) is 5.39 Å². The quantitative estimate of drug-likeness (QED) is 0.454. The molecule has 0 bridgehead atoms. The second-order valence-electron chi connectivity index (χ2n) is 3.80. The molecular weight excluding hydrogens is 214 g/mol. The Kier molecular flexibility index (Phi) is 1.50. The van der Waals surface area contributed by atoms with Gasteiger partial charge in [0.1, 0.15) is 0 Å². The zero-order valence-corrected chi connectivity index (χ0v) is 8.78. The van der Waals surface area contributed by atoms with E-state index in [-0.39, 0.29) is 0 Å². The SMILES string of the molecule is c1cnc2nc3c4cccnc4nn3cc2c1. The van der Waals surface area contributed by atoms with Gasteiger partial charge in [-0.25, -0.2) is 19.5 Å². The number of pyridine rings is 2. The summed E-state index contributed by atoms with van der Waals surface area (Å²) in [6, 6.07) is 7.70. The normalized spacial score (nSPS) is 11.5. The van der Waals surface area contributed by atoms with Gasteiger partial charge in [0.2, 0.25) is 0 Å². The molecule has 4 rings (SSSR count). The molecule has 0 aliphatic heterocycles. The van der Waals surface area contributed by atoms with Gasteiger partial charge in [0.15, 0.2) is 16.9 Å². The molecule has 0 aromatic carbocycles. The molecule has 0 spiro atoms. The van der Waals surface area contributed by atoms with Gasteiger partial charge in [-0.15, -0.1) is 5.10 Å². The van der Waals surface area contributed by atoms with Gasteiger partial charge in [-0.2, -0.15) is 0 Å². The number of hydrogen-bond acceptors (Lipinski definition) is 4. The highest BCUT2D eigenvalue weighted by atomic mass is 15.3. The first-order valence-electron chi connectivity index (χ1n) is 5.27. The standard InChI is InChI=1S/C12H7N5/c1-3-8-7-17-12(15-10(8)13-5-1)9-4-2-6-14-11(9)16-17/h1-7H. The predicted molar refractivity (Wildman–Crippen MR) is 63.6 cm³/mol. The molecule has 0 aliphatic carbocycles. The monoisotopic (exact) mass is 221 g/mol. The van der Waals surface area contributed by atoms with Crippen LogP contribution in [0.1, 0.15) is 0 Å². The molecule has 0 amide bonds. The summed E-state index contributed by atoms with van der Waals surface area (Å²) in [4.78, 5) is 13.0. The van der Waals surface area contributed by atoms with Gasteiger partial charge >= 0.3 is 0 Å². The Hall–Kier alpha value is -2.56. The van der Waals surface area contributed by atoms with Crippen LogP contribution in [0.25, 0.3) is 27.7 Å². The van der Waals surface area contributed by atoms with Crippen molar-refractivity contribution in [3.8, 4) is 0 Å². The molecule has 0 fully saturated rings. The summed E-state index contributed by atoms with van der Waals surface area (Å²) >= 11 is 0. The topological polar surface area (TPSA) is 56.0 Å². The van der Waals surface area contributed by atoms with E-state index in [1.807, 2.05) is 30.5 Å². The first kappa shape index (κ1) is 8.58. The summed E-state index contributed by atoms with van der Waals surface area (Å²) in [7, 11) is 0. The van der Waals surface area contributed by atoms with Crippen molar-refractivity contribution in [1.82, 2.24) is 24.6 Å². The highest BCUT2D eigenvalue weighted by Gasteiger charge is 2.07. The Morgan fingerprint density at radius 3 is 2.71 bits per heavy atom. The van der Waals surface area contributed by atoms with Crippen molar-refractivity contribution in [2.75, 3.05) is 0 Å². The van der Waals surface area contributed by atoms with Crippen molar-refractivity contribution in [2.24, 2.45) is 0 Å². The van der Waals surface area contributed by atoms with E-state index < -0.39 is 0 Å². The molecule has 4 aromatic heterocycles. The number of fused-ring (bicyclic) bond motifs is 4. The maximum absolute atomic E-state index is 4.52. The van der Waals surface area contributed by atoms with E-state index in [4.69, 9.17) is 0 Å². The molecule has 0 saturated carbocycles. The minimum absolute atomic E-state index is 0.704. The lowest BCUT2D eigenvalue weighted by Gasteiger charge is -1.96. The highest BCUT2D eigenvalue weighted by Crippen LogP contribution is 2.18. The molecular formula is C12H7N5. The Balaban J connectivity index is 2.28. The van der Waals surface area contributed by atoms with E-state index in [1.54, 1.807) is 16.9 Å². The van der Waals surface area contributed by atoms with Crippen LogP contribution in [-0.2, 0) is 0 Å². The molecule has 0 aliphatic rings. The fourth-order valence-electron chi connectivity index (χ4n) is 1.96. The van der Waals surface area contributed by atoms with Crippen LogP contribution < -0.4 is 0 Å². The Morgan fingerprint density at radius 2 is 1.76 bits per heavy atom. The second-order valence-corrected chi connectivity index (χ2v) is 3.80. The fraction of sp³-hybridized carbons (Fsp3) is 0. The van der Waals surface area contributed by atoms with E-state index in [0.717, 1.165) is 22.1 Å². The summed E-state index contributed by atoms with van der Waals surface area (Å²) in [6.07, 6.45) is 5.39. The average Bonchev–Trinajstić information content (AvgIpc) is 2.73. The summed E-state index contributed by atoms with van der Waals surface area (Å²) in [6.45, 7) is 0. The van der Waals surface area contributed by atoms with Gasteiger partial charge in [-0.1, -0.05) is 0 Å². The minimum atomic E-state index is 0.704. The summed E-state index contributed by atoms with van der Waals surface area (Å²) in [5, 5.41) is 6.29. The van der Waals surface area contributed by atoms with Crippen LogP contribution in [0, 0.1) is 0 Å². The third-order valence-electron chi connectivity index (χ3n) is 2.74. The summed E-state index contributed by atoms with van der Waals surface area (Å²) in [5.74, 6) is 0. The van der Waals surface area contributed by atoms with Crippen LogP contribution in [0.5, 0.6) is 0 Å².